The van der Waals surface area contributed by atoms with Crippen molar-refractivity contribution < 1.29 is 4.42 Å². The predicted molar refractivity (Wildman–Crippen MR) is 49.7 cm³/mol. The molecule has 12 heavy (non-hydrogen) atoms. The Bertz CT molecular complexity index is 271. The van der Waals surface area contributed by atoms with Gasteiger partial charge in [0.2, 0.25) is 0 Å². The van der Waals surface area contributed by atoms with Crippen LogP contribution in [-0.4, -0.2) is 17.1 Å². The van der Waals surface area contributed by atoms with Crippen molar-refractivity contribution in [2.45, 2.75) is 13.5 Å². The summed E-state index contributed by atoms with van der Waals surface area (Å²) in [6.45, 7) is 2.38. The Labute approximate surface area is 76.4 Å². The molecule has 2 N–H and O–H groups in total. The zero-order valence-electron chi connectivity index (χ0n) is 7.05. The monoisotopic (exact) mass is 185 g/mol. The van der Waals surface area contributed by atoms with Crippen molar-refractivity contribution in [2.75, 3.05) is 7.05 Å². The Morgan fingerprint density at radius 2 is 2.50 bits per heavy atom. The van der Waals surface area contributed by atoms with E-state index in [4.69, 9.17) is 16.6 Å². The molecule has 0 fully saturated rings. The van der Waals surface area contributed by atoms with Gasteiger partial charge in [-0.15, -0.1) is 0 Å². The van der Waals surface area contributed by atoms with Crippen molar-refractivity contribution in [3.05, 3.63) is 17.8 Å². The van der Waals surface area contributed by atoms with Crippen LogP contribution in [0.4, 0.5) is 0 Å². The van der Waals surface area contributed by atoms with Crippen molar-refractivity contribution in [1.82, 2.24) is 15.6 Å². The molecule has 1 rings (SSSR count). The number of hydrogen-bond acceptors (Lipinski definition) is 3. The van der Waals surface area contributed by atoms with Crippen molar-refractivity contribution in [3.63, 3.8) is 0 Å². The number of rotatable bonds is 2. The van der Waals surface area contributed by atoms with Gasteiger partial charge in [0.15, 0.2) is 11.0 Å². The number of nitrogens with one attached hydrogen (secondary N) is 2. The normalized spacial score (nSPS) is 9.50. The molecule has 0 spiro atoms. The third-order valence-corrected chi connectivity index (χ3v) is 1.67. The topological polar surface area (TPSA) is 50.1 Å². The predicted octanol–water partition coefficient (Wildman–Crippen LogP) is 0.577. The molecule has 0 radical (unpaired) electrons. The van der Waals surface area contributed by atoms with E-state index in [1.807, 2.05) is 0 Å². The van der Waals surface area contributed by atoms with Crippen LogP contribution in [0.5, 0.6) is 0 Å². The van der Waals surface area contributed by atoms with Crippen LogP contribution in [-0.2, 0) is 6.54 Å². The van der Waals surface area contributed by atoms with Gasteiger partial charge in [0, 0.05) is 14.0 Å². The highest BCUT2D eigenvalue weighted by Gasteiger charge is 1.99. The smallest absolute Gasteiger partial charge is 0.191 e. The minimum absolute atomic E-state index is 0.570. The Morgan fingerprint density at radius 3 is 3.00 bits per heavy atom. The molecule has 0 saturated carbocycles. The maximum atomic E-state index is 5.22. The molecule has 0 amide bonds. The van der Waals surface area contributed by atoms with Crippen molar-refractivity contribution >= 4 is 17.3 Å². The van der Waals surface area contributed by atoms with E-state index in [9.17, 15) is 0 Å². The number of aryl methyl sites for hydroxylation is 1. The lowest BCUT2D eigenvalue weighted by molar-refractivity contribution is 0.469. The van der Waals surface area contributed by atoms with E-state index in [-0.39, 0.29) is 0 Å². The van der Waals surface area contributed by atoms with Gasteiger partial charge in [0.05, 0.1) is 12.7 Å². The third-order valence-electron chi connectivity index (χ3n) is 1.32. The highest BCUT2D eigenvalue weighted by molar-refractivity contribution is 7.80. The van der Waals surface area contributed by atoms with Crippen LogP contribution in [0.25, 0.3) is 0 Å². The maximum Gasteiger partial charge on any atom is 0.191 e. The summed E-state index contributed by atoms with van der Waals surface area (Å²) in [5.41, 5.74) is 0. The number of aromatic nitrogens is 1. The molecule has 66 valence electrons. The van der Waals surface area contributed by atoms with Crippen LogP contribution < -0.4 is 10.6 Å². The summed E-state index contributed by atoms with van der Waals surface area (Å²) in [4.78, 5) is 3.95. The number of nitrogens with zero attached hydrogens (tertiary/aromatic N) is 1. The second kappa shape index (κ2) is 4.06. The van der Waals surface area contributed by atoms with E-state index in [2.05, 4.69) is 15.6 Å². The molecule has 1 aromatic heterocycles. The minimum Gasteiger partial charge on any atom is -0.444 e. The highest BCUT2D eigenvalue weighted by Crippen LogP contribution is 2.00. The second-order valence-corrected chi connectivity index (χ2v) is 2.69. The quantitative estimate of drug-likeness (QED) is 0.660. The van der Waals surface area contributed by atoms with Gasteiger partial charge in [0.1, 0.15) is 5.76 Å². The average molecular weight is 185 g/mol. The van der Waals surface area contributed by atoms with E-state index < -0.39 is 0 Å². The van der Waals surface area contributed by atoms with Gasteiger partial charge in [0.25, 0.3) is 0 Å². The molecule has 0 atom stereocenters. The first-order chi connectivity index (χ1) is 5.72. The Balaban J connectivity index is 2.38. The fourth-order valence-electron chi connectivity index (χ4n) is 0.743. The van der Waals surface area contributed by atoms with Crippen LogP contribution in [0, 0.1) is 6.92 Å². The van der Waals surface area contributed by atoms with Gasteiger partial charge in [-0.25, -0.2) is 4.98 Å². The fraction of sp³-hybridized carbons (Fsp3) is 0.429. The summed E-state index contributed by atoms with van der Waals surface area (Å²) in [5.74, 6) is 1.45. The number of oxazole rings is 1. The number of thiocarbonyl (C=S) groups is 1. The van der Waals surface area contributed by atoms with Gasteiger partial charge < -0.3 is 15.1 Å². The second-order valence-electron chi connectivity index (χ2n) is 2.28. The molecule has 0 unspecified atom stereocenters. The lowest BCUT2D eigenvalue weighted by atomic mass is 10.5. The molecular weight excluding hydrogens is 174 g/mol. The van der Waals surface area contributed by atoms with E-state index >= 15 is 0 Å². The third kappa shape index (κ3) is 2.50. The summed E-state index contributed by atoms with van der Waals surface area (Å²) >= 11 is 4.88. The van der Waals surface area contributed by atoms with Gasteiger partial charge in [-0.1, -0.05) is 0 Å². The lowest BCUT2D eigenvalue weighted by Gasteiger charge is -2.03. The molecule has 0 aliphatic rings. The average Bonchev–Trinajstić information content (AvgIpc) is 2.47. The zero-order chi connectivity index (χ0) is 8.97. The van der Waals surface area contributed by atoms with Crippen LogP contribution in [0.2, 0.25) is 0 Å². The SMILES string of the molecule is CNC(=S)NCc1cnc(C)o1. The van der Waals surface area contributed by atoms with E-state index in [0.29, 0.717) is 17.5 Å². The van der Waals surface area contributed by atoms with Crippen LogP contribution in [0.1, 0.15) is 11.7 Å². The lowest BCUT2D eigenvalue weighted by Crippen LogP contribution is -2.31. The van der Waals surface area contributed by atoms with Gasteiger partial charge in [-0.05, 0) is 12.2 Å². The van der Waals surface area contributed by atoms with E-state index in [1.165, 1.54) is 0 Å². The molecule has 0 aliphatic carbocycles. The summed E-state index contributed by atoms with van der Waals surface area (Å²) in [5, 5.41) is 6.35. The van der Waals surface area contributed by atoms with E-state index in [1.54, 1.807) is 20.2 Å². The van der Waals surface area contributed by atoms with Crippen molar-refractivity contribution in [3.8, 4) is 0 Å². The Hall–Kier alpha value is -1.10. The van der Waals surface area contributed by atoms with Gasteiger partial charge in [-0.2, -0.15) is 0 Å². The highest BCUT2D eigenvalue weighted by atomic mass is 32.1. The van der Waals surface area contributed by atoms with E-state index in [0.717, 1.165) is 5.76 Å². The molecule has 4 nitrogen and oxygen atoms in total. The van der Waals surface area contributed by atoms with Crippen molar-refractivity contribution in [1.29, 1.82) is 0 Å². The van der Waals surface area contributed by atoms with Crippen LogP contribution in [0.3, 0.4) is 0 Å². The molecule has 1 aromatic rings. The van der Waals surface area contributed by atoms with Crippen LogP contribution in [0.15, 0.2) is 10.6 Å². The Morgan fingerprint density at radius 1 is 1.75 bits per heavy atom. The standard InChI is InChI=1S/C7H11N3OS/c1-5-9-3-6(11-5)4-10-7(12)8-2/h3H,4H2,1-2H3,(H2,8,10,12). The molecule has 0 saturated heterocycles. The first kappa shape index (κ1) is 8.99. The molecule has 0 bridgehead atoms. The van der Waals surface area contributed by atoms with Crippen molar-refractivity contribution in [2.24, 2.45) is 0 Å². The fourth-order valence-corrected chi connectivity index (χ4v) is 0.815. The van der Waals surface area contributed by atoms with Crippen LogP contribution >= 0.6 is 12.2 Å². The zero-order valence-corrected chi connectivity index (χ0v) is 7.86. The molecule has 5 heteroatoms. The van der Waals surface area contributed by atoms with Gasteiger partial charge in [-0.3, -0.25) is 0 Å². The summed E-state index contributed by atoms with van der Waals surface area (Å²) in [7, 11) is 1.76. The molecule has 0 aromatic carbocycles. The summed E-state index contributed by atoms with van der Waals surface area (Å²) < 4.78 is 5.22. The van der Waals surface area contributed by atoms with Gasteiger partial charge >= 0.3 is 0 Å². The molecule has 0 aliphatic heterocycles. The first-order valence-electron chi connectivity index (χ1n) is 3.59. The molecule has 1 heterocycles. The minimum atomic E-state index is 0.570. The summed E-state index contributed by atoms with van der Waals surface area (Å²) in [6.07, 6.45) is 1.68. The number of hydrogen-bond donors (Lipinski definition) is 2. The summed E-state index contributed by atoms with van der Waals surface area (Å²) in [6, 6.07) is 0. The first-order valence-corrected chi connectivity index (χ1v) is 4.00. The largest absolute Gasteiger partial charge is 0.444 e. The Kier molecular flexibility index (Phi) is 3.04. The molecular formula is C7H11N3OS. The maximum absolute atomic E-state index is 5.22.